The Kier molecular flexibility index (Phi) is 4.33. The quantitative estimate of drug-likeness (QED) is 0.902. The van der Waals surface area contributed by atoms with Crippen molar-refractivity contribution in [2.24, 2.45) is 5.92 Å². The van der Waals surface area contributed by atoms with Gasteiger partial charge in [-0.15, -0.1) is 5.10 Å². The third-order valence-electron chi connectivity index (χ3n) is 3.90. The average molecular weight is 260 g/mol. The zero-order chi connectivity index (χ0) is 13.8. The molecule has 0 bridgehead atoms. The zero-order valence-electron chi connectivity index (χ0n) is 11.7. The molecule has 0 spiro atoms. The molecule has 1 saturated heterocycles. The number of nitrogens with one attached hydrogen (secondary N) is 1. The second-order valence-electron chi connectivity index (χ2n) is 5.13. The lowest BCUT2D eigenvalue weighted by Crippen LogP contribution is -2.31. The number of hydrogen-bond acceptors (Lipinski definition) is 5. The van der Waals surface area contributed by atoms with Crippen LogP contribution >= 0.6 is 0 Å². The Hall–Kier alpha value is -1.67. The first-order valence-electron chi connectivity index (χ1n) is 6.71. The molecule has 2 heterocycles. The third kappa shape index (κ3) is 3.02. The van der Waals surface area contributed by atoms with Gasteiger partial charge in [0.25, 0.3) is 0 Å². The normalized spacial score (nSPS) is 17.8. The van der Waals surface area contributed by atoms with Gasteiger partial charge in [0, 0.05) is 19.3 Å². The van der Waals surface area contributed by atoms with E-state index in [-0.39, 0.29) is 6.04 Å². The lowest BCUT2D eigenvalue weighted by molar-refractivity contribution is 0.0622. The molecule has 0 saturated carbocycles. The van der Waals surface area contributed by atoms with Crippen LogP contribution in [0.5, 0.6) is 0 Å². The van der Waals surface area contributed by atoms with Crippen molar-refractivity contribution in [1.29, 1.82) is 5.26 Å². The molecule has 0 amide bonds. The SMILES string of the molecule is Cc1nnc(NC(C)C2CCOCC2)c(C#N)c1C. The van der Waals surface area contributed by atoms with Crippen molar-refractivity contribution in [1.82, 2.24) is 10.2 Å². The smallest absolute Gasteiger partial charge is 0.167 e. The lowest BCUT2D eigenvalue weighted by Gasteiger charge is -2.28. The van der Waals surface area contributed by atoms with Crippen LogP contribution in [0, 0.1) is 31.1 Å². The monoisotopic (exact) mass is 260 g/mol. The predicted octanol–water partition coefficient (Wildman–Crippen LogP) is 2.19. The Labute approximate surface area is 114 Å². The number of rotatable bonds is 3. The minimum Gasteiger partial charge on any atom is -0.381 e. The van der Waals surface area contributed by atoms with E-state index < -0.39 is 0 Å². The van der Waals surface area contributed by atoms with Gasteiger partial charge in [-0.1, -0.05) is 0 Å². The fraction of sp³-hybridized carbons (Fsp3) is 0.643. The molecule has 1 aliphatic heterocycles. The van der Waals surface area contributed by atoms with Gasteiger partial charge in [0.05, 0.1) is 5.69 Å². The summed E-state index contributed by atoms with van der Waals surface area (Å²) < 4.78 is 5.37. The summed E-state index contributed by atoms with van der Waals surface area (Å²) in [7, 11) is 0. The molecular formula is C14H20N4O. The van der Waals surface area contributed by atoms with E-state index in [1.807, 2.05) is 13.8 Å². The minimum absolute atomic E-state index is 0.271. The van der Waals surface area contributed by atoms with Crippen LogP contribution in [-0.2, 0) is 4.74 Å². The molecule has 1 fully saturated rings. The summed E-state index contributed by atoms with van der Waals surface area (Å²) in [4.78, 5) is 0. The van der Waals surface area contributed by atoms with Gasteiger partial charge in [-0.3, -0.25) is 0 Å². The van der Waals surface area contributed by atoms with E-state index >= 15 is 0 Å². The van der Waals surface area contributed by atoms with E-state index in [0.29, 0.717) is 17.3 Å². The van der Waals surface area contributed by atoms with Crippen molar-refractivity contribution < 1.29 is 4.74 Å². The summed E-state index contributed by atoms with van der Waals surface area (Å²) in [5.41, 5.74) is 2.31. The molecule has 1 N–H and O–H groups in total. The van der Waals surface area contributed by atoms with Crippen molar-refractivity contribution in [3.63, 3.8) is 0 Å². The summed E-state index contributed by atoms with van der Waals surface area (Å²) in [5.74, 6) is 1.16. The standard InChI is InChI=1S/C14H20N4O/c1-9-10(2)17-18-14(13(9)8-15)16-11(3)12-4-6-19-7-5-12/h11-12H,4-7H2,1-3H3,(H,16,18). The van der Waals surface area contributed by atoms with E-state index in [0.717, 1.165) is 37.3 Å². The fourth-order valence-electron chi connectivity index (χ4n) is 2.40. The summed E-state index contributed by atoms with van der Waals surface area (Å²) in [6.07, 6.45) is 2.10. The highest BCUT2D eigenvalue weighted by molar-refractivity contribution is 5.56. The highest BCUT2D eigenvalue weighted by Crippen LogP contribution is 2.23. The van der Waals surface area contributed by atoms with Gasteiger partial charge in [0.2, 0.25) is 0 Å². The first kappa shape index (κ1) is 13.8. The first-order valence-corrected chi connectivity index (χ1v) is 6.71. The van der Waals surface area contributed by atoms with Crippen LogP contribution in [0.1, 0.15) is 36.6 Å². The van der Waals surface area contributed by atoms with E-state index in [2.05, 4.69) is 28.5 Å². The summed E-state index contributed by atoms with van der Waals surface area (Å²) in [5, 5.41) is 20.8. The molecule has 0 aliphatic carbocycles. The second-order valence-corrected chi connectivity index (χ2v) is 5.13. The van der Waals surface area contributed by atoms with Gasteiger partial charge >= 0.3 is 0 Å². The Bertz CT molecular complexity index is 489. The molecule has 1 unspecified atom stereocenters. The van der Waals surface area contributed by atoms with Gasteiger partial charge < -0.3 is 10.1 Å². The second kappa shape index (κ2) is 5.98. The maximum atomic E-state index is 9.27. The van der Waals surface area contributed by atoms with Crippen molar-refractivity contribution in [2.45, 2.75) is 39.7 Å². The predicted molar refractivity (Wildman–Crippen MR) is 72.8 cm³/mol. The molecule has 2 rings (SSSR count). The molecular weight excluding hydrogens is 240 g/mol. The third-order valence-corrected chi connectivity index (χ3v) is 3.90. The summed E-state index contributed by atoms with van der Waals surface area (Å²) >= 11 is 0. The first-order chi connectivity index (χ1) is 9.13. The number of nitriles is 1. The van der Waals surface area contributed by atoms with Gasteiger partial charge in [-0.2, -0.15) is 10.4 Å². The van der Waals surface area contributed by atoms with Crippen LogP contribution in [0.15, 0.2) is 0 Å². The molecule has 102 valence electrons. The number of aryl methyl sites for hydroxylation is 1. The Morgan fingerprint density at radius 3 is 2.63 bits per heavy atom. The molecule has 1 aromatic rings. The maximum Gasteiger partial charge on any atom is 0.167 e. The maximum absolute atomic E-state index is 9.27. The highest BCUT2D eigenvalue weighted by atomic mass is 16.5. The number of anilines is 1. The molecule has 1 aliphatic rings. The van der Waals surface area contributed by atoms with E-state index in [4.69, 9.17) is 4.74 Å². The van der Waals surface area contributed by atoms with Crippen LogP contribution < -0.4 is 5.32 Å². The van der Waals surface area contributed by atoms with Crippen molar-refractivity contribution in [2.75, 3.05) is 18.5 Å². The van der Waals surface area contributed by atoms with Crippen LogP contribution in [0.3, 0.4) is 0 Å². The lowest BCUT2D eigenvalue weighted by atomic mass is 9.93. The number of aromatic nitrogens is 2. The molecule has 19 heavy (non-hydrogen) atoms. The van der Waals surface area contributed by atoms with Crippen LogP contribution in [-0.4, -0.2) is 29.5 Å². The van der Waals surface area contributed by atoms with Crippen molar-refractivity contribution in [3.8, 4) is 6.07 Å². The van der Waals surface area contributed by atoms with Gasteiger partial charge in [0.15, 0.2) is 5.82 Å². The van der Waals surface area contributed by atoms with Gasteiger partial charge in [0.1, 0.15) is 11.6 Å². The minimum atomic E-state index is 0.271. The fourth-order valence-corrected chi connectivity index (χ4v) is 2.40. The molecule has 5 heteroatoms. The average Bonchev–Trinajstić information content (AvgIpc) is 2.44. The molecule has 1 aromatic heterocycles. The Morgan fingerprint density at radius 1 is 1.32 bits per heavy atom. The number of ether oxygens (including phenoxy) is 1. The highest BCUT2D eigenvalue weighted by Gasteiger charge is 2.22. The Morgan fingerprint density at radius 2 is 2.00 bits per heavy atom. The number of hydrogen-bond donors (Lipinski definition) is 1. The van der Waals surface area contributed by atoms with Crippen LogP contribution in [0.4, 0.5) is 5.82 Å². The van der Waals surface area contributed by atoms with E-state index in [9.17, 15) is 5.26 Å². The molecule has 5 nitrogen and oxygen atoms in total. The van der Waals surface area contributed by atoms with E-state index in [1.165, 1.54) is 0 Å². The number of nitrogens with zero attached hydrogens (tertiary/aromatic N) is 3. The van der Waals surface area contributed by atoms with Gasteiger partial charge in [-0.05, 0) is 45.1 Å². The van der Waals surface area contributed by atoms with Crippen molar-refractivity contribution in [3.05, 3.63) is 16.8 Å². The van der Waals surface area contributed by atoms with Crippen molar-refractivity contribution >= 4 is 5.82 Å². The Balaban J connectivity index is 2.14. The topological polar surface area (TPSA) is 70.8 Å². The molecule has 0 aromatic carbocycles. The van der Waals surface area contributed by atoms with Gasteiger partial charge in [-0.25, -0.2) is 0 Å². The van der Waals surface area contributed by atoms with Crippen LogP contribution in [0.25, 0.3) is 0 Å². The molecule has 1 atom stereocenters. The zero-order valence-corrected chi connectivity index (χ0v) is 11.7. The molecule has 0 radical (unpaired) electrons. The summed E-state index contributed by atoms with van der Waals surface area (Å²) in [6, 6.07) is 2.49. The van der Waals surface area contributed by atoms with Crippen LogP contribution in [0.2, 0.25) is 0 Å². The van der Waals surface area contributed by atoms with E-state index in [1.54, 1.807) is 0 Å². The largest absolute Gasteiger partial charge is 0.381 e. The summed E-state index contributed by atoms with van der Waals surface area (Å²) in [6.45, 7) is 7.55.